The Labute approximate surface area is 338 Å². The Balaban J connectivity index is 1.01. The van der Waals surface area contributed by atoms with Crippen LogP contribution in [0.1, 0.15) is 0 Å². The van der Waals surface area contributed by atoms with Gasteiger partial charge in [0.15, 0.2) is 11.6 Å². The van der Waals surface area contributed by atoms with Crippen LogP contribution in [-0.4, -0.2) is 14.8 Å². The van der Waals surface area contributed by atoms with Crippen LogP contribution < -0.4 is 4.90 Å². The van der Waals surface area contributed by atoms with Crippen molar-refractivity contribution in [3.8, 4) is 61.8 Å². The highest BCUT2D eigenvalue weighted by molar-refractivity contribution is 5.96. The lowest BCUT2D eigenvalue weighted by Crippen LogP contribution is -2.09. The second-order valence-electron chi connectivity index (χ2n) is 14.3. The molecule has 0 radical (unpaired) electrons. The third-order valence-corrected chi connectivity index (χ3v) is 10.8. The topological polar surface area (TPSA) is 34.0 Å². The smallest absolute Gasteiger partial charge is 0.169 e. The van der Waals surface area contributed by atoms with Crippen molar-refractivity contribution in [3.05, 3.63) is 231 Å². The standard InChI is InChI=1S/C54H38N4/c1-4-19-43(20-5-1)57(44-21-6-2-7-22-44)46-37-35-41(36-38-46)48-26-13-15-29-51(48)50-28-14-12-25-47(50)40-31-33-42(34-32-40)53-55-56-54(58(53)45-23-8-3-9-24-45)52-30-16-18-39-17-10-11-27-49(39)52/h1-38H. The quantitative estimate of drug-likeness (QED) is 0.148. The number of anilines is 3. The molecule has 4 nitrogen and oxygen atoms in total. The van der Waals surface area contributed by atoms with E-state index in [0.29, 0.717) is 0 Å². The van der Waals surface area contributed by atoms with Crippen LogP contribution in [0.15, 0.2) is 231 Å². The van der Waals surface area contributed by atoms with Crippen molar-refractivity contribution in [3.63, 3.8) is 0 Å². The van der Waals surface area contributed by atoms with Gasteiger partial charge in [0.25, 0.3) is 0 Å². The molecule has 1 heterocycles. The first-order chi connectivity index (χ1) is 28.8. The minimum absolute atomic E-state index is 0.792. The van der Waals surface area contributed by atoms with E-state index in [4.69, 9.17) is 10.2 Å². The highest BCUT2D eigenvalue weighted by Gasteiger charge is 2.20. The maximum absolute atomic E-state index is 4.82. The number of hydrogen-bond acceptors (Lipinski definition) is 3. The van der Waals surface area contributed by atoms with Gasteiger partial charge in [-0.05, 0) is 92.7 Å². The molecule has 0 unspecified atom stereocenters. The van der Waals surface area contributed by atoms with Crippen LogP contribution in [0.2, 0.25) is 0 Å². The summed E-state index contributed by atoms with van der Waals surface area (Å²) in [7, 11) is 0. The van der Waals surface area contributed by atoms with E-state index in [2.05, 4.69) is 234 Å². The Bertz CT molecular complexity index is 2930. The van der Waals surface area contributed by atoms with E-state index in [1.165, 1.54) is 27.6 Å². The Hall–Kier alpha value is -7.82. The van der Waals surface area contributed by atoms with Gasteiger partial charge in [0.05, 0.1) is 0 Å². The summed E-state index contributed by atoms with van der Waals surface area (Å²) in [6.45, 7) is 0. The number of hydrogen-bond donors (Lipinski definition) is 0. The highest BCUT2D eigenvalue weighted by atomic mass is 15.3. The second kappa shape index (κ2) is 15.4. The molecule has 0 aliphatic heterocycles. The number of fused-ring (bicyclic) bond motifs is 1. The van der Waals surface area contributed by atoms with Gasteiger partial charge < -0.3 is 4.90 Å². The number of benzene rings is 9. The molecule has 274 valence electrons. The van der Waals surface area contributed by atoms with Crippen molar-refractivity contribution in [2.45, 2.75) is 0 Å². The largest absolute Gasteiger partial charge is 0.311 e. The maximum Gasteiger partial charge on any atom is 0.169 e. The average Bonchev–Trinajstić information content (AvgIpc) is 3.75. The molecule has 10 rings (SSSR count). The molecule has 0 amide bonds. The first kappa shape index (κ1) is 34.7. The van der Waals surface area contributed by atoms with E-state index < -0.39 is 0 Å². The number of aromatic nitrogens is 3. The van der Waals surface area contributed by atoms with Crippen molar-refractivity contribution in [2.24, 2.45) is 0 Å². The molecule has 0 spiro atoms. The van der Waals surface area contributed by atoms with Crippen LogP contribution in [0.5, 0.6) is 0 Å². The van der Waals surface area contributed by atoms with Crippen molar-refractivity contribution in [1.29, 1.82) is 0 Å². The lowest BCUT2D eigenvalue weighted by molar-refractivity contribution is 1.07. The van der Waals surface area contributed by atoms with Crippen LogP contribution in [0.3, 0.4) is 0 Å². The predicted molar refractivity (Wildman–Crippen MR) is 241 cm³/mol. The summed E-state index contributed by atoms with van der Waals surface area (Å²) in [6.07, 6.45) is 0. The SMILES string of the molecule is c1ccc(N(c2ccccc2)c2ccc(-c3ccccc3-c3ccccc3-c3ccc(-c4nnc(-c5cccc6ccccc56)n4-c4ccccc4)cc3)cc2)cc1. The average molecular weight is 743 g/mol. The molecule has 0 saturated heterocycles. The Morgan fingerprint density at radius 1 is 0.293 bits per heavy atom. The van der Waals surface area contributed by atoms with E-state index >= 15 is 0 Å². The van der Waals surface area contributed by atoms with Gasteiger partial charge >= 0.3 is 0 Å². The summed E-state index contributed by atoms with van der Waals surface area (Å²) in [5, 5.41) is 12.0. The molecular formula is C54H38N4. The van der Waals surface area contributed by atoms with E-state index in [-0.39, 0.29) is 0 Å². The maximum atomic E-state index is 4.82. The zero-order chi connectivity index (χ0) is 38.7. The Morgan fingerprint density at radius 2 is 0.707 bits per heavy atom. The summed E-state index contributed by atoms with van der Waals surface area (Å²) < 4.78 is 2.17. The minimum Gasteiger partial charge on any atom is -0.311 e. The van der Waals surface area contributed by atoms with Crippen molar-refractivity contribution in [1.82, 2.24) is 14.8 Å². The molecule has 0 fully saturated rings. The molecule has 0 aliphatic rings. The molecule has 0 bridgehead atoms. The zero-order valence-corrected chi connectivity index (χ0v) is 31.7. The second-order valence-corrected chi connectivity index (χ2v) is 14.3. The van der Waals surface area contributed by atoms with E-state index in [1.54, 1.807) is 0 Å². The summed E-state index contributed by atoms with van der Waals surface area (Å²) in [6, 6.07) is 81.3. The van der Waals surface area contributed by atoms with Crippen LogP contribution in [0.25, 0.3) is 72.6 Å². The first-order valence-electron chi connectivity index (χ1n) is 19.6. The van der Waals surface area contributed by atoms with Crippen molar-refractivity contribution >= 4 is 27.8 Å². The third-order valence-electron chi connectivity index (χ3n) is 10.8. The first-order valence-corrected chi connectivity index (χ1v) is 19.6. The summed E-state index contributed by atoms with van der Waals surface area (Å²) >= 11 is 0. The third kappa shape index (κ3) is 6.53. The van der Waals surface area contributed by atoms with Crippen LogP contribution in [0.4, 0.5) is 17.1 Å². The molecule has 0 saturated carbocycles. The minimum atomic E-state index is 0.792. The van der Waals surface area contributed by atoms with E-state index in [1.807, 2.05) is 6.07 Å². The predicted octanol–water partition coefficient (Wildman–Crippen LogP) is 14.2. The molecule has 0 aliphatic carbocycles. The van der Waals surface area contributed by atoms with Gasteiger partial charge in [-0.3, -0.25) is 4.57 Å². The number of nitrogens with zero attached hydrogens (tertiary/aromatic N) is 4. The van der Waals surface area contributed by atoms with Crippen LogP contribution in [0, 0.1) is 0 Å². The van der Waals surface area contributed by atoms with Crippen LogP contribution >= 0.6 is 0 Å². The fourth-order valence-electron chi connectivity index (χ4n) is 8.02. The molecule has 58 heavy (non-hydrogen) atoms. The molecule has 9 aromatic carbocycles. The van der Waals surface area contributed by atoms with Crippen LogP contribution in [-0.2, 0) is 0 Å². The molecule has 4 heteroatoms. The lowest BCUT2D eigenvalue weighted by atomic mass is 9.89. The van der Waals surface area contributed by atoms with Gasteiger partial charge in [0.1, 0.15) is 0 Å². The molecule has 0 N–H and O–H groups in total. The fraction of sp³-hybridized carbons (Fsp3) is 0. The van der Waals surface area contributed by atoms with Gasteiger partial charge in [0.2, 0.25) is 0 Å². The van der Waals surface area contributed by atoms with Gasteiger partial charge in [-0.25, -0.2) is 0 Å². The molecule has 10 aromatic rings. The van der Waals surface area contributed by atoms with E-state index in [9.17, 15) is 0 Å². The van der Waals surface area contributed by atoms with Gasteiger partial charge in [-0.1, -0.05) is 182 Å². The fourth-order valence-corrected chi connectivity index (χ4v) is 8.02. The van der Waals surface area contributed by atoms with Crippen molar-refractivity contribution in [2.75, 3.05) is 4.90 Å². The monoisotopic (exact) mass is 742 g/mol. The number of rotatable bonds is 9. The van der Waals surface area contributed by atoms with Gasteiger partial charge in [-0.15, -0.1) is 10.2 Å². The Morgan fingerprint density at radius 3 is 1.31 bits per heavy atom. The zero-order valence-electron chi connectivity index (χ0n) is 31.7. The summed E-state index contributed by atoms with van der Waals surface area (Å²) in [4.78, 5) is 2.29. The lowest BCUT2D eigenvalue weighted by Gasteiger charge is -2.25. The molecule has 1 aromatic heterocycles. The molecular weight excluding hydrogens is 705 g/mol. The van der Waals surface area contributed by atoms with Gasteiger partial charge in [-0.2, -0.15) is 0 Å². The Kier molecular flexibility index (Phi) is 9.18. The highest BCUT2D eigenvalue weighted by Crippen LogP contribution is 2.41. The normalized spacial score (nSPS) is 11.1. The summed E-state index contributed by atoms with van der Waals surface area (Å²) in [5.74, 6) is 1.60. The molecule has 0 atom stereocenters. The number of para-hydroxylation sites is 3. The van der Waals surface area contributed by atoms with E-state index in [0.717, 1.165) is 62.0 Å². The van der Waals surface area contributed by atoms with Gasteiger partial charge in [0, 0.05) is 33.9 Å². The summed E-state index contributed by atoms with van der Waals surface area (Å²) in [5.41, 5.74) is 13.4. The van der Waals surface area contributed by atoms with Crippen molar-refractivity contribution < 1.29 is 0 Å².